The van der Waals surface area contributed by atoms with E-state index in [1.165, 1.54) is 7.11 Å². The zero-order chi connectivity index (χ0) is 23.4. The molecule has 12 atom stereocenters. The summed E-state index contributed by atoms with van der Waals surface area (Å²) in [6, 6.07) is 0. The highest BCUT2D eigenvalue weighted by Gasteiger charge is 2.67. The van der Waals surface area contributed by atoms with E-state index in [4.69, 9.17) is 4.74 Å². The number of esters is 1. The van der Waals surface area contributed by atoms with E-state index in [1.54, 1.807) is 0 Å². The van der Waals surface area contributed by atoms with Crippen molar-refractivity contribution in [1.29, 1.82) is 0 Å². The van der Waals surface area contributed by atoms with Crippen LogP contribution in [0.3, 0.4) is 0 Å². The molecule has 0 heterocycles. The molecule has 0 saturated heterocycles. The number of carbonyl (C=O) groups excluding carboxylic acids is 1. The molecule has 32 heavy (non-hydrogen) atoms. The van der Waals surface area contributed by atoms with Crippen LogP contribution in [0.1, 0.15) is 85.5 Å². The third-order valence-electron chi connectivity index (χ3n) is 11.3. The van der Waals surface area contributed by atoms with Gasteiger partial charge in [0.05, 0.1) is 25.4 Å². The number of carbonyl (C=O) groups is 1. The van der Waals surface area contributed by atoms with Crippen molar-refractivity contribution in [3.63, 3.8) is 0 Å². The van der Waals surface area contributed by atoms with Crippen molar-refractivity contribution in [2.24, 2.45) is 52.3 Å². The van der Waals surface area contributed by atoms with Crippen LogP contribution in [-0.2, 0) is 9.53 Å². The van der Waals surface area contributed by atoms with Gasteiger partial charge in [0.2, 0.25) is 0 Å². The van der Waals surface area contributed by atoms with Crippen molar-refractivity contribution in [3.05, 3.63) is 0 Å². The molecule has 0 radical (unpaired) electrons. The Morgan fingerprint density at radius 3 is 2.44 bits per heavy atom. The molecule has 3 N–H and O–H groups in total. The molecule has 5 nitrogen and oxygen atoms in total. The van der Waals surface area contributed by atoms with Gasteiger partial charge >= 0.3 is 5.97 Å². The Hall–Kier alpha value is -0.650. The fourth-order valence-electron chi connectivity index (χ4n) is 9.54. The number of methoxy groups -OCH3 is 1. The maximum absolute atomic E-state index is 11.8. The summed E-state index contributed by atoms with van der Waals surface area (Å²) in [6.45, 7) is 9.10. The van der Waals surface area contributed by atoms with Crippen LogP contribution in [0.25, 0.3) is 0 Å². The highest BCUT2D eigenvalue weighted by molar-refractivity contribution is 5.69. The first-order chi connectivity index (χ1) is 15.1. The van der Waals surface area contributed by atoms with Gasteiger partial charge in [0.25, 0.3) is 0 Å². The number of aliphatic hydroxyl groups is 3. The van der Waals surface area contributed by atoms with Crippen LogP contribution in [0.15, 0.2) is 0 Å². The Kier molecular flexibility index (Phi) is 6.77. The standard InChI is InChI=1S/C27H46O5/c1-6-17-20-13-16(28)11-12-26(20,3)21-14-22(29)27(4)18(15(2)7-10-23(30)32-5)8-9-19(27)24(21)25(17)31/h15-22,24-25,28-29,31H,6-14H2,1-5H3/t15-,16-,17-,18-,19+,20+,21+,22+,24+,25-,26+,27-/m1/s1. The van der Waals surface area contributed by atoms with Crippen molar-refractivity contribution in [2.45, 2.75) is 104 Å². The molecular weight excluding hydrogens is 404 g/mol. The minimum Gasteiger partial charge on any atom is -0.469 e. The molecular formula is C27H46O5. The van der Waals surface area contributed by atoms with E-state index in [9.17, 15) is 20.1 Å². The molecule has 0 aromatic heterocycles. The number of aliphatic hydroxyl groups excluding tert-OH is 3. The lowest BCUT2D eigenvalue weighted by Gasteiger charge is -2.65. The Labute approximate surface area is 194 Å². The van der Waals surface area contributed by atoms with Crippen LogP contribution >= 0.6 is 0 Å². The second-order valence-corrected chi connectivity index (χ2v) is 12.3. The van der Waals surface area contributed by atoms with Crippen LogP contribution in [-0.4, -0.2) is 46.7 Å². The third kappa shape index (κ3) is 3.56. The van der Waals surface area contributed by atoms with Crippen molar-refractivity contribution in [3.8, 4) is 0 Å². The van der Waals surface area contributed by atoms with Crippen LogP contribution in [0.5, 0.6) is 0 Å². The summed E-state index contributed by atoms with van der Waals surface area (Å²) < 4.78 is 4.85. The van der Waals surface area contributed by atoms with Gasteiger partial charge in [-0.3, -0.25) is 4.79 Å². The summed E-state index contributed by atoms with van der Waals surface area (Å²) in [5.74, 6) is 1.96. The zero-order valence-electron chi connectivity index (χ0n) is 20.8. The Balaban J connectivity index is 1.63. The minimum atomic E-state index is -0.378. The Morgan fingerprint density at radius 1 is 1.06 bits per heavy atom. The van der Waals surface area contributed by atoms with E-state index in [0.29, 0.717) is 36.0 Å². The van der Waals surface area contributed by atoms with E-state index in [1.807, 2.05) is 0 Å². The molecule has 0 aromatic carbocycles. The van der Waals surface area contributed by atoms with Crippen molar-refractivity contribution in [1.82, 2.24) is 0 Å². The summed E-state index contributed by atoms with van der Waals surface area (Å²) in [7, 11) is 1.44. The molecule has 4 fully saturated rings. The molecule has 4 rings (SSSR count). The molecule has 0 aliphatic heterocycles. The van der Waals surface area contributed by atoms with Crippen LogP contribution < -0.4 is 0 Å². The Morgan fingerprint density at radius 2 is 1.78 bits per heavy atom. The number of ether oxygens (including phenoxy) is 1. The highest BCUT2D eigenvalue weighted by atomic mass is 16.5. The van der Waals surface area contributed by atoms with E-state index in [-0.39, 0.29) is 46.9 Å². The molecule has 5 heteroatoms. The van der Waals surface area contributed by atoms with Crippen LogP contribution in [0.4, 0.5) is 0 Å². The summed E-state index contributed by atoms with van der Waals surface area (Å²) in [6.07, 6.45) is 6.69. The predicted molar refractivity (Wildman–Crippen MR) is 124 cm³/mol. The lowest BCUT2D eigenvalue weighted by Crippen LogP contribution is -2.65. The Bertz CT molecular complexity index is 696. The summed E-state index contributed by atoms with van der Waals surface area (Å²) >= 11 is 0. The predicted octanol–water partition coefficient (Wildman–Crippen LogP) is 4.17. The zero-order valence-corrected chi connectivity index (χ0v) is 20.8. The van der Waals surface area contributed by atoms with Gasteiger partial charge in [-0.05, 0) is 97.2 Å². The highest BCUT2D eigenvalue weighted by Crippen LogP contribution is 2.69. The average molecular weight is 451 g/mol. The third-order valence-corrected chi connectivity index (χ3v) is 11.3. The lowest BCUT2D eigenvalue weighted by molar-refractivity contribution is -0.228. The second kappa shape index (κ2) is 8.85. The van der Waals surface area contributed by atoms with Gasteiger partial charge in [0.1, 0.15) is 0 Å². The normalized spacial score (nSPS) is 51.3. The topological polar surface area (TPSA) is 87.0 Å². The fraction of sp³-hybridized carbons (Fsp3) is 0.963. The number of hydrogen-bond donors (Lipinski definition) is 3. The molecule has 4 aliphatic rings. The first-order valence-electron chi connectivity index (χ1n) is 13.2. The van der Waals surface area contributed by atoms with Crippen LogP contribution in [0.2, 0.25) is 0 Å². The second-order valence-electron chi connectivity index (χ2n) is 12.3. The number of rotatable bonds is 5. The van der Waals surface area contributed by atoms with Crippen molar-refractivity contribution >= 4 is 5.97 Å². The van der Waals surface area contributed by atoms with Crippen molar-refractivity contribution in [2.75, 3.05) is 7.11 Å². The molecule has 0 amide bonds. The molecule has 0 aromatic rings. The maximum Gasteiger partial charge on any atom is 0.305 e. The molecule has 0 spiro atoms. The molecule has 0 unspecified atom stereocenters. The van der Waals surface area contributed by atoms with Gasteiger partial charge in [0.15, 0.2) is 0 Å². The fourth-order valence-corrected chi connectivity index (χ4v) is 9.54. The molecule has 0 bridgehead atoms. The van der Waals surface area contributed by atoms with Crippen molar-refractivity contribution < 1.29 is 24.9 Å². The first kappa shape index (κ1) is 24.5. The van der Waals surface area contributed by atoms with E-state index in [0.717, 1.165) is 51.4 Å². The summed E-state index contributed by atoms with van der Waals surface area (Å²) in [5.41, 5.74) is -0.131. The van der Waals surface area contributed by atoms with Gasteiger partial charge < -0.3 is 20.1 Å². The molecule has 184 valence electrons. The van der Waals surface area contributed by atoms with Crippen LogP contribution in [0, 0.1) is 52.3 Å². The molecule has 4 saturated carbocycles. The number of fused-ring (bicyclic) bond motifs is 5. The minimum absolute atomic E-state index is 0.0840. The van der Waals surface area contributed by atoms with E-state index >= 15 is 0 Å². The SMILES string of the molecule is CC[C@H]1[C@@H](O)[C@@H]2[C@H](C[C@H](O)[C@]3(C)[C@@H]([C@H](C)CCC(=O)OC)CC[C@@H]23)[C@@]2(C)CC[C@@H](O)C[C@@H]12. The van der Waals surface area contributed by atoms with E-state index < -0.39 is 0 Å². The van der Waals surface area contributed by atoms with Gasteiger partial charge in [-0.1, -0.05) is 34.1 Å². The first-order valence-corrected chi connectivity index (χ1v) is 13.2. The smallest absolute Gasteiger partial charge is 0.305 e. The monoisotopic (exact) mass is 450 g/mol. The largest absolute Gasteiger partial charge is 0.469 e. The van der Waals surface area contributed by atoms with Gasteiger partial charge in [-0.15, -0.1) is 0 Å². The maximum atomic E-state index is 11.8. The van der Waals surface area contributed by atoms with Gasteiger partial charge in [0, 0.05) is 6.42 Å². The average Bonchev–Trinajstić information content (AvgIpc) is 3.12. The van der Waals surface area contributed by atoms with Gasteiger partial charge in [-0.2, -0.15) is 0 Å². The quantitative estimate of drug-likeness (QED) is 0.547. The van der Waals surface area contributed by atoms with E-state index in [2.05, 4.69) is 27.7 Å². The summed E-state index contributed by atoms with van der Waals surface area (Å²) in [5, 5.41) is 33.9. The molecule has 4 aliphatic carbocycles. The summed E-state index contributed by atoms with van der Waals surface area (Å²) in [4.78, 5) is 11.7. The lowest BCUT2D eigenvalue weighted by atomic mass is 9.41. The van der Waals surface area contributed by atoms with Gasteiger partial charge in [-0.25, -0.2) is 0 Å². The number of hydrogen-bond acceptors (Lipinski definition) is 5.